The molecule has 0 radical (unpaired) electrons. The Bertz CT molecular complexity index is 1010. The Kier molecular flexibility index (Phi) is 5.52. The number of aryl methyl sites for hydroxylation is 1. The number of piperidine rings is 1. The number of alkyl halides is 1. The second-order valence-electron chi connectivity index (χ2n) is 8.92. The molecule has 6 heteroatoms. The van der Waals surface area contributed by atoms with Crippen LogP contribution in [-0.4, -0.2) is 37.4 Å². The highest BCUT2D eigenvalue weighted by molar-refractivity contribution is 7.92. The molecule has 0 spiro atoms. The molecule has 2 aromatic carbocycles. The summed E-state index contributed by atoms with van der Waals surface area (Å²) < 4.78 is 57.3. The Balaban J connectivity index is 1.78. The highest BCUT2D eigenvalue weighted by Crippen LogP contribution is 2.56. The Morgan fingerprint density at radius 2 is 1.73 bits per heavy atom. The maximum atomic E-state index is 16.7. The molecule has 3 nitrogen and oxygen atoms in total. The van der Waals surface area contributed by atoms with Gasteiger partial charge in [0.15, 0.2) is 0 Å². The lowest BCUT2D eigenvalue weighted by Crippen LogP contribution is -2.54. The zero-order valence-corrected chi connectivity index (χ0v) is 18.5. The molecule has 0 N–H and O–H groups in total. The molecule has 2 aliphatic rings. The van der Waals surface area contributed by atoms with Gasteiger partial charge in [-0.2, -0.15) is 0 Å². The van der Waals surface area contributed by atoms with E-state index < -0.39 is 20.9 Å². The molecule has 2 bridgehead atoms. The van der Waals surface area contributed by atoms with Crippen LogP contribution in [0.1, 0.15) is 49.7 Å². The molecule has 0 aromatic heterocycles. The minimum absolute atomic E-state index is 0.0163. The van der Waals surface area contributed by atoms with Gasteiger partial charge in [0.1, 0.15) is 5.82 Å². The first-order chi connectivity index (χ1) is 14.2. The van der Waals surface area contributed by atoms with Crippen LogP contribution in [0.25, 0.3) is 0 Å². The molecule has 0 saturated carbocycles. The number of hydrogen-bond donors (Lipinski definition) is 0. The summed E-state index contributed by atoms with van der Waals surface area (Å²) in [5.74, 6) is -0.444. The van der Waals surface area contributed by atoms with Crippen molar-refractivity contribution in [3.8, 4) is 0 Å². The fourth-order valence-electron chi connectivity index (χ4n) is 5.64. The summed E-state index contributed by atoms with van der Waals surface area (Å²) in [4.78, 5) is 2.00. The lowest BCUT2D eigenvalue weighted by molar-refractivity contribution is 0.0580. The third kappa shape index (κ3) is 3.28. The van der Waals surface area contributed by atoms with Crippen molar-refractivity contribution in [2.75, 3.05) is 7.05 Å². The van der Waals surface area contributed by atoms with Crippen molar-refractivity contribution in [1.29, 1.82) is 0 Å². The van der Waals surface area contributed by atoms with Gasteiger partial charge in [-0.25, -0.2) is 17.2 Å². The van der Waals surface area contributed by atoms with Crippen LogP contribution in [0, 0.1) is 18.7 Å². The van der Waals surface area contributed by atoms with Gasteiger partial charge < -0.3 is 0 Å². The monoisotopic (exact) mass is 433 g/mol. The van der Waals surface area contributed by atoms with Gasteiger partial charge >= 0.3 is 0 Å². The van der Waals surface area contributed by atoms with E-state index in [-0.39, 0.29) is 35.0 Å². The van der Waals surface area contributed by atoms with E-state index in [0.29, 0.717) is 6.42 Å². The smallest absolute Gasteiger partial charge is 0.232 e. The predicted molar refractivity (Wildman–Crippen MR) is 114 cm³/mol. The predicted octanol–water partition coefficient (Wildman–Crippen LogP) is 5.25. The van der Waals surface area contributed by atoms with Crippen molar-refractivity contribution in [3.05, 3.63) is 65.5 Å². The van der Waals surface area contributed by atoms with Crippen LogP contribution in [-0.2, 0) is 9.84 Å². The first-order valence-electron chi connectivity index (χ1n) is 10.7. The van der Waals surface area contributed by atoms with Crippen molar-refractivity contribution >= 4 is 9.84 Å². The molecular formula is C24H29F2NO2S. The Morgan fingerprint density at radius 3 is 2.33 bits per heavy atom. The third-order valence-corrected chi connectivity index (χ3v) is 9.31. The van der Waals surface area contributed by atoms with E-state index in [4.69, 9.17) is 0 Å². The molecule has 2 fully saturated rings. The van der Waals surface area contributed by atoms with Gasteiger partial charge in [0.05, 0.1) is 10.9 Å². The van der Waals surface area contributed by atoms with E-state index in [9.17, 15) is 12.8 Å². The summed E-state index contributed by atoms with van der Waals surface area (Å²) in [5, 5.41) is -2.34. The standard InChI is InChI=1S/C24H29F2NO2S/c1-4-5-21-22(17-8-10-18(25)11-9-17)14-19-15-24(26,23(21)27(19)3)30(28,29)20-12-6-16(2)7-13-20/h6-13,19,21-23H,4-5,14-15H2,1-3H3/t19-,21+,22+,23+,24-/m1/s1. The van der Waals surface area contributed by atoms with Crippen LogP contribution < -0.4 is 0 Å². The lowest BCUT2D eigenvalue weighted by Gasteiger charge is -2.45. The number of fused-ring (bicyclic) bond motifs is 2. The summed E-state index contributed by atoms with van der Waals surface area (Å²) in [6, 6.07) is 12.0. The summed E-state index contributed by atoms with van der Waals surface area (Å²) in [6.07, 6.45) is 2.21. The Hall–Kier alpha value is -1.79. The van der Waals surface area contributed by atoms with Crippen LogP contribution in [0.5, 0.6) is 0 Å². The second-order valence-corrected chi connectivity index (χ2v) is 11.1. The molecular weight excluding hydrogens is 404 g/mol. The number of rotatable bonds is 5. The first-order valence-corrected chi connectivity index (χ1v) is 12.1. The molecule has 2 aromatic rings. The fraction of sp³-hybridized carbons (Fsp3) is 0.500. The van der Waals surface area contributed by atoms with Crippen molar-refractivity contribution in [1.82, 2.24) is 4.90 Å². The summed E-state index contributed by atoms with van der Waals surface area (Å²) in [5.41, 5.74) is 1.90. The van der Waals surface area contributed by atoms with E-state index in [2.05, 4.69) is 0 Å². The molecule has 2 heterocycles. The molecule has 2 aliphatic heterocycles. The van der Waals surface area contributed by atoms with Crippen molar-refractivity contribution in [2.24, 2.45) is 5.92 Å². The highest BCUT2D eigenvalue weighted by Gasteiger charge is 2.65. The van der Waals surface area contributed by atoms with Crippen LogP contribution in [0.15, 0.2) is 53.4 Å². The van der Waals surface area contributed by atoms with E-state index in [1.165, 1.54) is 24.3 Å². The average molecular weight is 434 g/mol. The zero-order valence-electron chi connectivity index (χ0n) is 17.7. The minimum Gasteiger partial charge on any atom is -0.296 e. The molecule has 2 saturated heterocycles. The van der Waals surface area contributed by atoms with Crippen LogP contribution in [0.3, 0.4) is 0 Å². The summed E-state index contributed by atoms with van der Waals surface area (Å²) in [6.45, 7) is 3.92. The van der Waals surface area contributed by atoms with Gasteiger partial charge in [-0.05, 0) is 68.5 Å². The van der Waals surface area contributed by atoms with Gasteiger partial charge in [0, 0.05) is 12.5 Å². The van der Waals surface area contributed by atoms with Crippen LogP contribution >= 0.6 is 0 Å². The minimum atomic E-state index is -4.17. The van der Waals surface area contributed by atoms with E-state index in [0.717, 1.165) is 24.0 Å². The topological polar surface area (TPSA) is 37.4 Å². The van der Waals surface area contributed by atoms with E-state index in [1.807, 2.05) is 25.8 Å². The fourth-order valence-corrected chi connectivity index (χ4v) is 7.60. The van der Waals surface area contributed by atoms with Gasteiger partial charge in [0.2, 0.25) is 14.8 Å². The van der Waals surface area contributed by atoms with E-state index >= 15 is 4.39 Å². The quantitative estimate of drug-likeness (QED) is 0.646. The highest BCUT2D eigenvalue weighted by atomic mass is 32.2. The lowest BCUT2D eigenvalue weighted by atomic mass is 9.74. The molecule has 5 atom stereocenters. The second kappa shape index (κ2) is 7.72. The number of halogens is 2. The Morgan fingerprint density at radius 1 is 1.10 bits per heavy atom. The largest absolute Gasteiger partial charge is 0.296 e. The molecule has 0 aliphatic carbocycles. The SMILES string of the molecule is CCC[C@@H]1[C@@H]2N(C)[C@H](C[C@H]1c1ccc(F)cc1)C[C@@]2(F)S(=O)(=O)c1ccc(C)cc1. The van der Waals surface area contributed by atoms with Crippen LogP contribution in [0.4, 0.5) is 8.78 Å². The van der Waals surface area contributed by atoms with Gasteiger partial charge in [-0.15, -0.1) is 0 Å². The Labute approximate surface area is 178 Å². The molecule has 0 amide bonds. The summed E-state index contributed by atoms with van der Waals surface area (Å²) >= 11 is 0. The van der Waals surface area contributed by atoms with Gasteiger partial charge in [-0.3, -0.25) is 4.90 Å². The first kappa shape index (κ1) is 21.4. The normalized spacial score (nSPS) is 31.8. The maximum Gasteiger partial charge on any atom is 0.232 e. The van der Waals surface area contributed by atoms with Crippen molar-refractivity contribution in [3.63, 3.8) is 0 Å². The number of benzene rings is 2. The van der Waals surface area contributed by atoms with E-state index in [1.54, 1.807) is 24.3 Å². The van der Waals surface area contributed by atoms with Crippen molar-refractivity contribution in [2.45, 2.75) is 67.4 Å². The van der Waals surface area contributed by atoms with Crippen molar-refractivity contribution < 1.29 is 17.2 Å². The average Bonchev–Trinajstić information content (AvgIpc) is 2.88. The molecule has 30 heavy (non-hydrogen) atoms. The number of nitrogens with zero attached hydrogens (tertiary/aromatic N) is 1. The number of sulfone groups is 1. The van der Waals surface area contributed by atoms with Crippen LogP contribution in [0.2, 0.25) is 0 Å². The number of hydrogen-bond acceptors (Lipinski definition) is 3. The molecule has 162 valence electrons. The zero-order chi connectivity index (χ0) is 21.7. The summed E-state index contributed by atoms with van der Waals surface area (Å²) in [7, 11) is -2.32. The molecule has 0 unspecified atom stereocenters. The molecule has 4 rings (SSSR count). The third-order valence-electron chi connectivity index (χ3n) is 7.12. The maximum absolute atomic E-state index is 16.7. The van der Waals surface area contributed by atoms with Gasteiger partial charge in [-0.1, -0.05) is 43.2 Å². The van der Waals surface area contributed by atoms with Gasteiger partial charge in [0.25, 0.3) is 0 Å².